The minimum Gasteiger partial charge on any atom is -0.391 e. The molecule has 0 spiro atoms. The molecule has 2 amide bonds. The minimum atomic E-state index is -0.702. The molecule has 2 N–H and O–H groups in total. The number of benzene rings is 1. The van der Waals surface area contributed by atoms with Crippen LogP contribution in [0.3, 0.4) is 0 Å². The van der Waals surface area contributed by atoms with Crippen molar-refractivity contribution in [1.82, 2.24) is 25.2 Å². The van der Waals surface area contributed by atoms with Crippen molar-refractivity contribution in [3.05, 3.63) is 24.3 Å². The molecule has 8 heteroatoms. The van der Waals surface area contributed by atoms with Gasteiger partial charge in [0.15, 0.2) is 0 Å². The van der Waals surface area contributed by atoms with Crippen LogP contribution in [0.25, 0.3) is 11.0 Å². The first kappa shape index (κ1) is 17.3. The third-order valence-corrected chi connectivity index (χ3v) is 4.64. The van der Waals surface area contributed by atoms with Gasteiger partial charge in [-0.3, -0.25) is 9.59 Å². The Kier molecular flexibility index (Phi) is 4.71. The van der Waals surface area contributed by atoms with Gasteiger partial charge in [0.25, 0.3) is 0 Å². The summed E-state index contributed by atoms with van der Waals surface area (Å²) in [6.45, 7) is 4.01. The van der Waals surface area contributed by atoms with Crippen molar-refractivity contribution in [2.24, 2.45) is 5.92 Å². The number of nitrogens with zero attached hydrogens (tertiary/aromatic N) is 4. The van der Waals surface area contributed by atoms with Crippen LogP contribution in [0.5, 0.6) is 0 Å². The van der Waals surface area contributed by atoms with E-state index in [0.29, 0.717) is 5.52 Å². The summed E-state index contributed by atoms with van der Waals surface area (Å²) in [7, 11) is 1.53. The Balaban J connectivity index is 1.98. The van der Waals surface area contributed by atoms with Gasteiger partial charge in [0.2, 0.25) is 11.8 Å². The number of hydrogen-bond donors (Lipinski definition) is 2. The number of fused-ring (bicyclic) bond motifs is 1. The number of hydrogen-bond acceptors (Lipinski definition) is 5. The molecule has 3 rings (SSSR count). The van der Waals surface area contributed by atoms with Gasteiger partial charge in [0.05, 0.1) is 11.6 Å². The zero-order valence-corrected chi connectivity index (χ0v) is 14.6. The number of amides is 2. The van der Waals surface area contributed by atoms with Crippen molar-refractivity contribution in [2.75, 3.05) is 13.6 Å². The highest BCUT2D eigenvalue weighted by atomic mass is 16.3. The Bertz CT molecular complexity index is 787. The van der Waals surface area contributed by atoms with Crippen LogP contribution in [0.1, 0.15) is 26.3 Å². The number of carbonyl (C=O) groups is 2. The Labute approximate surface area is 145 Å². The summed E-state index contributed by atoms with van der Waals surface area (Å²) in [6, 6.07) is 6.19. The fourth-order valence-electron chi connectivity index (χ4n) is 3.41. The van der Waals surface area contributed by atoms with Crippen LogP contribution in [-0.2, 0) is 9.59 Å². The normalized spacial score (nSPS) is 21.7. The number of nitrogens with one attached hydrogen (secondary N) is 1. The van der Waals surface area contributed by atoms with E-state index < -0.39 is 18.2 Å². The van der Waals surface area contributed by atoms with Gasteiger partial charge < -0.3 is 15.3 Å². The molecule has 2 aromatic rings. The fourth-order valence-corrected chi connectivity index (χ4v) is 3.41. The zero-order chi connectivity index (χ0) is 18.1. The first-order valence-corrected chi connectivity index (χ1v) is 8.44. The highest BCUT2D eigenvalue weighted by Crippen LogP contribution is 2.28. The quantitative estimate of drug-likeness (QED) is 0.832. The largest absolute Gasteiger partial charge is 0.391 e. The summed E-state index contributed by atoms with van der Waals surface area (Å²) in [6.07, 6.45) is -0.458. The molecule has 8 nitrogen and oxygen atoms in total. The van der Waals surface area contributed by atoms with Crippen LogP contribution >= 0.6 is 0 Å². The number of aliphatic hydroxyl groups is 1. The topological polar surface area (TPSA) is 100 Å². The van der Waals surface area contributed by atoms with Crippen LogP contribution in [0.15, 0.2) is 24.3 Å². The molecule has 1 fully saturated rings. The molecule has 3 atom stereocenters. The van der Waals surface area contributed by atoms with Crippen molar-refractivity contribution in [1.29, 1.82) is 0 Å². The van der Waals surface area contributed by atoms with Gasteiger partial charge in [-0.25, -0.2) is 4.68 Å². The van der Waals surface area contributed by atoms with E-state index in [9.17, 15) is 14.7 Å². The Morgan fingerprint density at radius 2 is 2.04 bits per heavy atom. The number of rotatable bonds is 4. The summed E-state index contributed by atoms with van der Waals surface area (Å²) >= 11 is 0. The average Bonchev–Trinajstić information content (AvgIpc) is 3.18. The smallest absolute Gasteiger partial charge is 0.248 e. The van der Waals surface area contributed by atoms with Crippen LogP contribution in [0.2, 0.25) is 0 Å². The lowest BCUT2D eigenvalue weighted by molar-refractivity contribution is -0.142. The highest BCUT2D eigenvalue weighted by Gasteiger charge is 2.42. The van der Waals surface area contributed by atoms with Crippen molar-refractivity contribution >= 4 is 22.8 Å². The van der Waals surface area contributed by atoms with E-state index in [1.165, 1.54) is 11.9 Å². The monoisotopic (exact) mass is 345 g/mol. The van der Waals surface area contributed by atoms with Crippen LogP contribution in [0.4, 0.5) is 0 Å². The molecule has 25 heavy (non-hydrogen) atoms. The lowest BCUT2D eigenvalue weighted by Gasteiger charge is -2.29. The lowest BCUT2D eigenvalue weighted by Crippen LogP contribution is -2.48. The van der Waals surface area contributed by atoms with E-state index in [0.717, 1.165) is 5.52 Å². The molecule has 134 valence electrons. The summed E-state index contributed by atoms with van der Waals surface area (Å²) in [4.78, 5) is 26.8. The van der Waals surface area contributed by atoms with Gasteiger partial charge in [-0.2, -0.15) is 0 Å². The number of aliphatic hydroxyl groups excluding tert-OH is 1. The average molecular weight is 345 g/mol. The van der Waals surface area contributed by atoms with E-state index >= 15 is 0 Å². The molecule has 0 aliphatic carbocycles. The number of aromatic nitrogens is 3. The SMILES string of the molecule is CNC(=O)C1CC(O)CN1C(=O)C(C(C)C)n1nnc2ccccc21. The van der Waals surface area contributed by atoms with Gasteiger partial charge in [0.1, 0.15) is 17.6 Å². The molecule has 1 saturated heterocycles. The maximum atomic E-state index is 13.3. The van der Waals surface area contributed by atoms with Crippen LogP contribution in [-0.4, -0.2) is 62.6 Å². The maximum Gasteiger partial charge on any atom is 0.248 e. The van der Waals surface area contributed by atoms with Crippen molar-refractivity contribution < 1.29 is 14.7 Å². The fraction of sp³-hybridized carbons (Fsp3) is 0.529. The number of para-hydroxylation sites is 1. The van der Waals surface area contributed by atoms with Gasteiger partial charge in [-0.15, -0.1) is 5.10 Å². The van der Waals surface area contributed by atoms with Gasteiger partial charge in [-0.1, -0.05) is 31.2 Å². The first-order valence-electron chi connectivity index (χ1n) is 8.44. The molecule has 1 aromatic heterocycles. The van der Waals surface area contributed by atoms with E-state index in [2.05, 4.69) is 15.6 Å². The Hall–Kier alpha value is -2.48. The number of likely N-dealkylation sites (N-methyl/N-ethyl adjacent to an activating group) is 1. The van der Waals surface area contributed by atoms with Crippen LogP contribution < -0.4 is 5.32 Å². The van der Waals surface area contributed by atoms with Gasteiger partial charge in [0, 0.05) is 20.0 Å². The third kappa shape index (κ3) is 3.09. The first-order chi connectivity index (χ1) is 11.9. The summed E-state index contributed by atoms with van der Waals surface area (Å²) in [5, 5.41) is 20.8. The molecule has 1 aliphatic rings. The van der Waals surface area contributed by atoms with Crippen molar-refractivity contribution in [3.8, 4) is 0 Å². The van der Waals surface area contributed by atoms with E-state index in [1.807, 2.05) is 38.1 Å². The maximum absolute atomic E-state index is 13.3. The molecule has 0 saturated carbocycles. The van der Waals surface area contributed by atoms with Gasteiger partial charge >= 0.3 is 0 Å². The van der Waals surface area contributed by atoms with Crippen molar-refractivity contribution in [3.63, 3.8) is 0 Å². The van der Waals surface area contributed by atoms with Crippen LogP contribution in [0, 0.1) is 5.92 Å². The zero-order valence-electron chi connectivity index (χ0n) is 14.6. The molecule has 0 radical (unpaired) electrons. The third-order valence-electron chi connectivity index (χ3n) is 4.64. The van der Waals surface area contributed by atoms with Gasteiger partial charge in [-0.05, 0) is 18.1 Å². The molecule has 0 bridgehead atoms. The molecule has 3 unspecified atom stereocenters. The standard InChI is InChI=1S/C17H23N5O3/c1-10(2)15(22-13-7-5-4-6-12(13)19-20-22)17(25)21-9-11(23)8-14(21)16(24)18-3/h4-7,10-11,14-15,23H,8-9H2,1-3H3,(H,18,24). The predicted molar refractivity (Wildman–Crippen MR) is 91.6 cm³/mol. The molecular formula is C17H23N5O3. The molecule has 1 aromatic carbocycles. The van der Waals surface area contributed by atoms with E-state index in [1.54, 1.807) is 4.68 Å². The number of carbonyl (C=O) groups excluding carboxylic acids is 2. The second-order valence-electron chi connectivity index (χ2n) is 6.72. The number of β-amino-alcohol motifs (C(OH)–C–C–N with tert-alkyl or cyclic N) is 1. The van der Waals surface area contributed by atoms with E-state index in [-0.39, 0.29) is 30.7 Å². The predicted octanol–water partition coefficient (Wildman–Crippen LogP) is 0.336. The second-order valence-corrected chi connectivity index (χ2v) is 6.72. The summed E-state index contributed by atoms with van der Waals surface area (Å²) in [5.41, 5.74) is 1.48. The summed E-state index contributed by atoms with van der Waals surface area (Å²) in [5.74, 6) is -0.549. The summed E-state index contributed by atoms with van der Waals surface area (Å²) < 4.78 is 1.62. The molecular weight excluding hydrogens is 322 g/mol. The second kappa shape index (κ2) is 6.79. The number of likely N-dealkylation sites (tertiary alicyclic amines) is 1. The van der Waals surface area contributed by atoms with E-state index in [4.69, 9.17) is 0 Å². The highest BCUT2D eigenvalue weighted by molar-refractivity contribution is 5.90. The Morgan fingerprint density at radius 3 is 2.72 bits per heavy atom. The van der Waals surface area contributed by atoms with Crippen molar-refractivity contribution in [2.45, 2.75) is 38.5 Å². The lowest BCUT2D eigenvalue weighted by atomic mass is 10.0. The molecule has 2 heterocycles. The molecule has 1 aliphatic heterocycles. The Morgan fingerprint density at radius 1 is 1.32 bits per heavy atom. The minimum absolute atomic E-state index is 0.0549.